The molecule has 136 valence electrons. The summed E-state index contributed by atoms with van der Waals surface area (Å²) in [4.78, 5) is 27.4. The van der Waals surface area contributed by atoms with E-state index in [1.165, 1.54) is 24.3 Å². The number of carbonyl (C=O) groups excluding carboxylic acids is 2. The lowest BCUT2D eigenvalue weighted by atomic mass is 9.89. The molecular formula is C19H25FN2O3. The summed E-state index contributed by atoms with van der Waals surface area (Å²) in [7, 11) is 0. The maximum atomic E-state index is 13.2. The molecule has 1 N–H and O–H groups in total. The van der Waals surface area contributed by atoms with Crippen molar-refractivity contribution >= 4 is 11.8 Å². The highest BCUT2D eigenvalue weighted by molar-refractivity contribution is 5.98. The Morgan fingerprint density at radius 3 is 2.56 bits per heavy atom. The Kier molecular flexibility index (Phi) is 5.37. The van der Waals surface area contributed by atoms with Gasteiger partial charge in [-0.05, 0) is 56.4 Å². The average Bonchev–Trinajstić information content (AvgIpc) is 2.99. The lowest BCUT2D eigenvalue weighted by Gasteiger charge is -2.41. The van der Waals surface area contributed by atoms with Crippen LogP contribution in [-0.2, 0) is 9.53 Å². The van der Waals surface area contributed by atoms with Crippen LogP contribution in [0.4, 0.5) is 4.39 Å². The fraction of sp³-hybridized carbons (Fsp3) is 0.579. The Labute approximate surface area is 147 Å². The molecule has 2 amide bonds. The van der Waals surface area contributed by atoms with Crippen LogP contribution in [0.3, 0.4) is 0 Å². The van der Waals surface area contributed by atoms with Gasteiger partial charge in [-0.2, -0.15) is 0 Å². The van der Waals surface area contributed by atoms with E-state index in [1.54, 1.807) is 4.90 Å². The minimum Gasteiger partial charge on any atom is -0.354 e. The van der Waals surface area contributed by atoms with Crippen molar-refractivity contribution in [3.63, 3.8) is 0 Å². The maximum absolute atomic E-state index is 13.2. The molecule has 0 bridgehead atoms. The number of rotatable bonds is 4. The van der Waals surface area contributed by atoms with Gasteiger partial charge >= 0.3 is 0 Å². The van der Waals surface area contributed by atoms with Crippen molar-refractivity contribution in [2.45, 2.75) is 57.2 Å². The molecule has 2 aliphatic rings. The summed E-state index contributed by atoms with van der Waals surface area (Å²) in [5.74, 6) is -0.838. The second-order valence-corrected chi connectivity index (χ2v) is 6.81. The number of halogens is 1. The number of benzene rings is 1. The molecule has 1 heterocycles. The lowest BCUT2D eigenvalue weighted by Crippen LogP contribution is -2.56. The molecule has 6 heteroatoms. The van der Waals surface area contributed by atoms with Crippen molar-refractivity contribution in [3.8, 4) is 0 Å². The van der Waals surface area contributed by atoms with Crippen molar-refractivity contribution in [2.24, 2.45) is 0 Å². The first-order chi connectivity index (χ1) is 12.1. The van der Waals surface area contributed by atoms with Gasteiger partial charge in [-0.3, -0.25) is 14.5 Å². The van der Waals surface area contributed by atoms with E-state index in [2.05, 4.69) is 5.32 Å². The molecule has 1 aromatic carbocycles. The zero-order chi connectivity index (χ0) is 17.9. The van der Waals surface area contributed by atoms with E-state index in [0.717, 1.165) is 38.5 Å². The molecule has 1 saturated heterocycles. The SMILES string of the molecule is CCCNC(=O)[C@@H]1COC2(CCCCC2)N1C(=O)c1ccc(F)cc1. The van der Waals surface area contributed by atoms with E-state index < -0.39 is 11.8 Å². The number of nitrogens with one attached hydrogen (secondary N) is 1. The molecule has 0 radical (unpaired) electrons. The molecule has 1 aliphatic carbocycles. The van der Waals surface area contributed by atoms with Crippen LogP contribution >= 0.6 is 0 Å². The molecule has 0 unspecified atom stereocenters. The quantitative estimate of drug-likeness (QED) is 0.910. The highest BCUT2D eigenvalue weighted by atomic mass is 19.1. The minimum absolute atomic E-state index is 0.181. The number of hydrogen-bond acceptors (Lipinski definition) is 3. The third kappa shape index (κ3) is 3.54. The zero-order valence-electron chi connectivity index (χ0n) is 14.6. The van der Waals surface area contributed by atoms with Crippen molar-refractivity contribution < 1.29 is 18.7 Å². The molecule has 1 aromatic rings. The highest BCUT2D eigenvalue weighted by Gasteiger charge is 2.52. The van der Waals surface area contributed by atoms with Gasteiger partial charge in [-0.1, -0.05) is 13.3 Å². The second-order valence-electron chi connectivity index (χ2n) is 6.81. The summed E-state index contributed by atoms with van der Waals surface area (Å²) in [6.45, 7) is 2.76. The fourth-order valence-electron chi connectivity index (χ4n) is 3.77. The normalized spacial score (nSPS) is 22.2. The summed E-state index contributed by atoms with van der Waals surface area (Å²) in [5, 5.41) is 2.87. The number of hydrogen-bond donors (Lipinski definition) is 1. The summed E-state index contributed by atoms with van der Waals surface area (Å²) in [6, 6.07) is 4.83. The first-order valence-corrected chi connectivity index (χ1v) is 9.08. The smallest absolute Gasteiger partial charge is 0.256 e. The van der Waals surface area contributed by atoms with Gasteiger partial charge < -0.3 is 10.1 Å². The number of ether oxygens (including phenoxy) is 1. The van der Waals surface area contributed by atoms with E-state index in [-0.39, 0.29) is 24.2 Å². The summed E-state index contributed by atoms with van der Waals surface area (Å²) >= 11 is 0. The predicted molar refractivity (Wildman–Crippen MR) is 91.4 cm³/mol. The predicted octanol–water partition coefficient (Wildman–Crippen LogP) is 2.85. The largest absolute Gasteiger partial charge is 0.354 e. The maximum Gasteiger partial charge on any atom is 0.256 e. The van der Waals surface area contributed by atoms with Crippen LogP contribution in [0.15, 0.2) is 24.3 Å². The summed E-state index contributed by atoms with van der Waals surface area (Å²) < 4.78 is 19.3. The third-order valence-electron chi connectivity index (χ3n) is 5.06. The third-order valence-corrected chi connectivity index (χ3v) is 5.06. The van der Waals surface area contributed by atoms with E-state index in [0.29, 0.717) is 12.1 Å². The standard InChI is InChI=1S/C19H25FN2O3/c1-2-12-21-17(23)16-13-25-19(10-4-3-5-11-19)22(16)18(24)14-6-8-15(20)9-7-14/h6-9,16H,2-5,10-13H2,1H3,(H,21,23)/t16-/m0/s1. The van der Waals surface area contributed by atoms with Gasteiger partial charge in [0.1, 0.15) is 17.6 Å². The van der Waals surface area contributed by atoms with Crippen LogP contribution in [0, 0.1) is 5.82 Å². The Morgan fingerprint density at radius 2 is 1.92 bits per heavy atom. The molecule has 1 atom stereocenters. The van der Waals surface area contributed by atoms with Gasteiger partial charge in [0.05, 0.1) is 6.61 Å². The van der Waals surface area contributed by atoms with Gasteiger partial charge in [-0.15, -0.1) is 0 Å². The first-order valence-electron chi connectivity index (χ1n) is 9.08. The zero-order valence-corrected chi connectivity index (χ0v) is 14.6. The van der Waals surface area contributed by atoms with E-state index in [1.807, 2.05) is 6.92 Å². The average molecular weight is 348 g/mol. The monoisotopic (exact) mass is 348 g/mol. The molecule has 3 rings (SSSR count). The Morgan fingerprint density at radius 1 is 1.24 bits per heavy atom. The van der Waals surface area contributed by atoms with Gasteiger partial charge in [0.25, 0.3) is 5.91 Å². The van der Waals surface area contributed by atoms with E-state index in [4.69, 9.17) is 4.74 Å². The molecule has 1 spiro atoms. The highest BCUT2D eigenvalue weighted by Crippen LogP contribution is 2.41. The van der Waals surface area contributed by atoms with Crippen LogP contribution in [0.2, 0.25) is 0 Å². The van der Waals surface area contributed by atoms with Crippen LogP contribution in [0.25, 0.3) is 0 Å². The van der Waals surface area contributed by atoms with Gasteiger partial charge in [-0.25, -0.2) is 4.39 Å². The van der Waals surface area contributed by atoms with Crippen LogP contribution in [0.5, 0.6) is 0 Å². The van der Waals surface area contributed by atoms with E-state index in [9.17, 15) is 14.0 Å². The molecule has 1 saturated carbocycles. The van der Waals surface area contributed by atoms with Crippen LogP contribution in [0.1, 0.15) is 55.8 Å². The number of nitrogens with zero attached hydrogens (tertiary/aromatic N) is 1. The Balaban J connectivity index is 1.90. The molecule has 1 aliphatic heterocycles. The van der Waals surface area contributed by atoms with E-state index >= 15 is 0 Å². The van der Waals surface area contributed by atoms with Gasteiger partial charge in [0.15, 0.2) is 0 Å². The molecule has 2 fully saturated rings. The van der Waals surface area contributed by atoms with Crippen LogP contribution in [-0.4, -0.2) is 41.6 Å². The van der Waals surface area contributed by atoms with Crippen LogP contribution < -0.4 is 5.32 Å². The molecule has 0 aromatic heterocycles. The van der Waals surface area contributed by atoms with Crippen molar-refractivity contribution in [1.82, 2.24) is 10.2 Å². The summed E-state index contributed by atoms with van der Waals surface area (Å²) in [5.41, 5.74) is -0.331. The topological polar surface area (TPSA) is 58.6 Å². The number of amides is 2. The van der Waals surface area contributed by atoms with Crippen molar-refractivity contribution in [3.05, 3.63) is 35.6 Å². The van der Waals surface area contributed by atoms with Gasteiger partial charge in [0.2, 0.25) is 5.91 Å². The van der Waals surface area contributed by atoms with Crippen molar-refractivity contribution in [2.75, 3.05) is 13.2 Å². The lowest BCUT2D eigenvalue weighted by molar-refractivity contribution is -0.127. The minimum atomic E-state index is -0.710. The molecule has 5 nitrogen and oxygen atoms in total. The first kappa shape index (κ1) is 17.9. The van der Waals surface area contributed by atoms with Gasteiger partial charge in [0, 0.05) is 12.1 Å². The molecule has 25 heavy (non-hydrogen) atoms. The number of carbonyl (C=O) groups is 2. The Hall–Kier alpha value is -1.95. The van der Waals surface area contributed by atoms with Crippen molar-refractivity contribution in [1.29, 1.82) is 0 Å². The second kappa shape index (κ2) is 7.52. The Bertz CT molecular complexity index is 626. The molecular weight excluding hydrogens is 323 g/mol. The fourth-order valence-corrected chi connectivity index (χ4v) is 3.77. The summed E-state index contributed by atoms with van der Waals surface area (Å²) in [6.07, 6.45) is 5.34.